The molecule has 0 spiro atoms. The first-order chi connectivity index (χ1) is 35.0. The zero-order valence-corrected chi connectivity index (χ0v) is 46.4. The number of aliphatic hydroxyl groups is 2. The summed E-state index contributed by atoms with van der Waals surface area (Å²) in [6.07, 6.45) is 6.02. The van der Waals surface area contributed by atoms with Gasteiger partial charge < -0.3 is 43.5 Å². The van der Waals surface area contributed by atoms with Crippen LogP contribution in [-0.2, 0) is 27.1 Å². The first kappa shape index (κ1) is 59.4. The van der Waals surface area contributed by atoms with Gasteiger partial charge in [0.2, 0.25) is 0 Å². The third-order valence-electron chi connectivity index (χ3n) is 12.2. The Bertz CT molecular complexity index is 2880. The van der Waals surface area contributed by atoms with Crippen LogP contribution in [0.25, 0.3) is 11.1 Å². The summed E-state index contributed by atoms with van der Waals surface area (Å²) in [5, 5.41) is 30.7. The molecular formula is C55H68BBrF2N6O10. The van der Waals surface area contributed by atoms with Crippen molar-refractivity contribution in [3.05, 3.63) is 148 Å². The summed E-state index contributed by atoms with van der Waals surface area (Å²) in [4.78, 5) is 41.1. The number of carbonyl (C=O) groups is 3. The predicted molar refractivity (Wildman–Crippen MR) is 286 cm³/mol. The molecule has 1 saturated heterocycles. The summed E-state index contributed by atoms with van der Waals surface area (Å²) in [6, 6.07) is 22.7. The molecule has 0 radical (unpaired) electrons. The summed E-state index contributed by atoms with van der Waals surface area (Å²) in [6.45, 7) is 19.9. The number of nitrogens with one attached hydrogen (secondary N) is 1. The largest absolute Gasteiger partial charge is 0.498 e. The third-order valence-corrected chi connectivity index (χ3v) is 12.9. The van der Waals surface area contributed by atoms with Crippen LogP contribution in [0.15, 0.2) is 114 Å². The Kier molecular flexibility index (Phi) is 19.4. The molecule has 1 fully saturated rings. The van der Waals surface area contributed by atoms with Crippen molar-refractivity contribution in [1.29, 1.82) is 0 Å². The number of carbonyl (C=O) groups excluding carboxylic acids is 3. The van der Waals surface area contributed by atoms with Gasteiger partial charge in [0, 0.05) is 77.1 Å². The molecule has 2 aromatic heterocycles. The lowest BCUT2D eigenvalue weighted by Crippen LogP contribution is -2.49. The fraction of sp³-hybridized carbons (Fsp3) is 0.400. The number of H-pyrrole nitrogens is 1. The van der Waals surface area contributed by atoms with Gasteiger partial charge in [-0.05, 0) is 141 Å². The highest BCUT2D eigenvalue weighted by Crippen LogP contribution is 2.37. The third kappa shape index (κ3) is 15.8. The molecule has 4 aromatic carbocycles. The van der Waals surface area contributed by atoms with E-state index in [1.807, 2.05) is 48.5 Å². The monoisotopic (exact) mass is 1100 g/mol. The number of halogens is 3. The number of hydrogen-bond acceptors (Lipinski definition) is 12. The van der Waals surface area contributed by atoms with Crippen molar-refractivity contribution in [1.82, 2.24) is 29.8 Å². The predicted octanol–water partition coefficient (Wildman–Crippen LogP) is 9.61. The zero-order chi connectivity index (χ0) is 55.7. The number of benzene rings is 4. The molecule has 0 saturated carbocycles. The standard InChI is InChI=1S/C22H24FN3O3.C19H21BrFNO3.C14H23BN2O4/c1-22(2,28)14-26(13-16-6-4-5-7-19(16)23)21(27)15-8-9-18(20(10-15)29-3)17-11-24-25-12-17;1-19(2,12-23)22(11-14-6-4-5-7-16(14)21)18(24)13-8-9-15(20)17(10-13)25-3;1-12(2,3)19-11(18)17-9-10(8-16-17)15-20-13(4,5)14(6,7)21-15/h4-12,28H,13-14H2,1-3H3,(H,24,25);4-10,23H,11-12H2,1-3H3;8-9H,1-7H3. The molecule has 20 heteroatoms. The number of ether oxygens (including phenoxy) is 3. The maximum absolute atomic E-state index is 14.1. The normalized spacial score (nSPS) is 13.9. The van der Waals surface area contributed by atoms with Gasteiger partial charge in [-0.1, -0.05) is 36.4 Å². The van der Waals surface area contributed by atoms with Crippen LogP contribution in [0.3, 0.4) is 0 Å². The lowest BCUT2D eigenvalue weighted by molar-refractivity contribution is 0.00578. The fourth-order valence-electron chi connectivity index (χ4n) is 7.38. The van der Waals surface area contributed by atoms with Gasteiger partial charge in [-0.2, -0.15) is 14.9 Å². The van der Waals surface area contributed by atoms with Crippen LogP contribution in [-0.4, -0.2) is 120 Å². The molecule has 16 nitrogen and oxygen atoms in total. The Morgan fingerprint density at radius 1 is 0.787 bits per heavy atom. The van der Waals surface area contributed by atoms with E-state index >= 15 is 0 Å². The van der Waals surface area contributed by atoms with E-state index in [1.165, 1.54) is 36.2 Å². The molecule has 1 aliphatic heterocycles. The van der Waals surface area contributed by atoms with Crippen molar-refractivity contribution >= 4 is 46.4 Å². The molecule has 3 heterocycles. The molecule has 7 rings (SSSR count). The molecule has 0 unspecified atom stereocenters. The fourth-order valence-corrected chi connectivity index (χ4v) is 7.79. The van der Waals surface area contributed by atoms with Crippen molar-refractivity contribution < 1.29 is 56.9 Å². The maximum Gasteiger partial charge on any atom is 0.498 e. The van der Waals surface area contributed by atoms with E-state index in [0.29, 0.717) is 39.2 Å². The second kappa shape index (κ2) is 24.5. The molecule has 0 bridgehead atoms. The van der Waals surface area contributed by atoms with Crippen molar-refractivity contribution in [3.63, 3.8) is 0 Å². The SMILES string of the molecule is CC(C)(C)OC(=O)n1cc(B2OC(C)(C)C(C)(C)O2)cn1.COc1cc(C(=O)N(Cc2ccccc2F)C(C)(C)CO)ccc1Br.COc1cc(C(=O)N(Cc2ccccc2F)CC(C)(C)O)ccc1-c1cn[nH]c1. The van der Waals surface area contributed by atoms with E-state index in [4.69, 9.17) is 23.5 Å². The highest BCUT2D eigenvalue weighted by atomic mass is 79.9. The van der Waals surface area contributed by atoms with Crippen molar-refractivity contribution in [2.24, 2.45) is 0 Å². The molecule has 75 heavy (non-hydrogen) atoms. The summed E-state index contributed by atoms with van der Waals surface area (Å²) in [7, 11) is 2.51. The second-order valence-corrected chi connectivity index (χ2v) is 21.9. The maximum atomic E-state index is 14.1. The van der Waals surface area contributed by atoms with E-state index in [2.05, 4.69) is 31.2 Å². The van der Waals surface area contributed by atoms with Crippen LogP contribution in [0.2, 0.25) is 0 Å². The topological polar surface area (TPSA) is 191 Å². The van der Waals surface area contributed by atoms with Crippen LogP contribution in [0, 0.1) is 11.6 Å². The number of aromatic amines is 1. The highest BCUT2D eigenvalue weighted by molar-refractivity contribution is 9.10. The van der Waals surface area contributed by atoms with E-state index in [-0.39, 0.29) is 43.9 Å². The summed E-state index contributed by atoms with van der Waals surface area (Å²) in [5.41, 5.74) is 0.467. The van der Waals surface area contributed by atoms with Gasteiger partial charge in [0.15, 0.2) is 0 Å². The Morgan fingerprint density at radius 2 is 1.33 bits per heavy atom. The number of hydrogen-bond donors (Lipinski definition) is 3. The van der Waals surface area contributed by atoms with E-state index < -0.39 is 47.0 Å². The van der Waals surface area contributed by atoms with Crippen molar-refractivity contribution in [2.45, 2.75) is 117 Å². The molecule has 2 amide bonds. The minimum absolute atomic E-state index is 0.0430. The second-order valence-electron chi connectivity index (χ2n) is 21.1. The van der Waals surface area contributed by atoms with Gasteiger partial charge >= 0.3 is 13.2 Å². The van der Waals surface area contributed by atoms with E-state index in [0.717, 1.165) is 20.3 Å². The number of aliphatic hydroxyl groups excluding tert-OH is 1. The summed E-state index contributed by atoms with van der Waals surface area (Å²) >= 11 is 3.35. The zero-order valence-electron chi connectivity index (χ0n) is 44.8. The Hall–Kier alpha value is -6.45. The van der Waals surface area contributed by atoms with Crippen LogP contribution in [0.4, 0.5) is 13.6 Å². The minimum atomic E-state index is -1.14. The molecular weight excluding hydrogens is 1030 g/mol. The van der Waals surface area contributed by atoms with Crippen LogP contribution >= 0.6 is 15.9 Å². The van der Waals surface area contributed by atoms with Gasteiger partial charge in [0.25, 0.3) is 11.8 Å². The van der Waals surface area contributed by atoms with Gasteiger partial charge in [0.05, 0.1) is 53.8 Å². The van der Waals surface area contributed by atoms with E-state index in [9.17, 15) is 33.4 Å². The lowest BCUT2D eigenvalue weighted by Gasteiger charge is -2.37. The first-order valence-corrected chi connectivity index (χ1v) is 24.8. The molecule has 1 aliphatic rings. The number of amides is 2. The molecule has 0 atom stereocenters. The van der Waals surface area contributed by atoms with Crippen LogP contribution in [0.1, 0.15) is 108 Å². The molecule has 0 aliphatic carbocycles. The number of rotatable bonds is 14. The van der Waals surface area contributed by atoms with E-state index in [1.54, 1.807) is 125 Å². The minimum Gasteiger partial charge on any atom is -0.496 e. The number of aromatic nitrogens is 4. The van der Waals surface area contributed by atoms with Gasteiger partial charge in [-0.3, -0.25) is 14.7 Å². The Balaban J connectivity index is 0.000000211. The number of methoxy groups -OCH3 is 2. The average molecular weight is 1100 g/mol. The first-order valence-electron chi connectivity index (χ1n) is 24.1. The smallest absolute Gasteiger partial charge is 0.496 e. The van der Waals surface area contributed by atoms with Crippen LogP contribution < -0.4 is 14.9 Å². The molecule has 402 valence electrons. The quantitative estimate of drug-likeness (QED) is 0.0877. The van der Waals surface area contributed by atoms with Crippen LogP contribution in [0.5, 0.6) is 11.5 Å². The van der Waals surface area contributed by atoms with Gasteiger partial charge in [0.1, 0.15) is 28.7 Å². The van der Waals surface area contributed by atoms with Gasteiger partial charge in [-0.25, -0.2) is 13.6 Å². The average Bonchev–Trinajstić information content (AvgIpc) is 4.11. The Labute approximate surface area is 446 Å². The Morgan fingerprint density at radius 3 is 1.85 bits per heavy atom. The van der Waals surface area contributed by atoms with Crippen molar-refractivity contribution in [2.75, 3.05) is 27.4 Å². The summed E-state index contributed by atoms with van der Waals surface area (Å²) in [5.74, 6) is -0.373. The van der Waals surface area contributed by atoms with Crippen molar-refractivity contribution in [3.8, 4) is 22.6 Å². The molecule has 3 N–H and O–H groups in total. The highest BCUT2D eigenvalue weighted by Gasteiger charge is 2.52. The summed E-state index contributed by atoms with van der Waals surface area (Å²) < 4.78 is 57.9. The van der Waals surface area contributed by atoms with Gasteiger partial charge in [-0.15, -0.1) is 0 Å². The molecule has 6 aromatic rings. The lowest BCUT2D eigenvalue weighted by atomic mass is 9.82. The number of nitrogens with zero attached hydrogens (tertiary/aromatic N) is 5.